The van der Waals surface area contributed by atoms with E-state index in [2.05, 4.69) is 11.9 Å². The van der Waals surface area contributed by atoms with E-state index in [0.29, 0.717) is 12.4 Å². The third kappa shape index (κ3) is 5.17. The smallest absolute Gasteiger partial charge is 0.0888 e. The van der Waals surface area contributed by atoms with Gasteiger partial charge in [-0.3, -0.25) is 0 Å². The van der Waals surface area contributed by atoms with E-state index >= 15 is 0 Å². The molecule has 0 radical (unpaired) electrons. The van der Waals surface area contributed by atoms with Crippen molar-refractivity contribution in [3.8, 4) is 0 Å². The SMILES string of the molecule is C=C(N)NC(C)COC. The van der Waals surface area contributed by atoms with Gasteiger partial charge < -0.3 is 15.8 Å². The first-order valence-corrected chi connectivity index (χ1v) is 2.86. The van der Waals surface area contributed by atoms with Crippen molar-refractivity contribution in [1.82, 2.24) is 5.32 Å². The molecule has 0 aliphatic rings. The van der Waals surface area contributed by atoms with Crippen LogP contribution in [0.2, 0.25) is 0 Å². The lowest BCUT2D eigenvalue weighted by Crippen LogP contribution is -2.32. The van der Waals surface area contributed by atoms with Gasteiger partial charge in [-0.15, -0.1) is 0 Å². The normalized spacial score (nSPS) is 12.7. The van der Waals surface area contributed by atoms with E-state index in [-0.39, 0.29) is 6.04 Å². The van der Waals surface area contributed by atoms with Crippen molar-refractivity contribution in [3.05, 3.63) is 12.4 Å². The topological polar surface area (TPSA) is 47.3 Å². The Morgan fingerprint density at radius 1 is 1.89 bits per heavy atom. The zero-order valence-corrected chi connectivity index (χ0v) is 5.98. The number of rotatable bonds is 4. The number of methoxy groups -OCH3 is 1. The predicted molar refractivity (Wildman–Crippen MR) is 37.8 cm³/mol. The van der Waals surface area contributed by atoms with E-state index in [1.54, 1.807) is 7.11 Å². The molecular formula is C6H14N2O. The fourth-order valence-electron chi connectivity index (χ4n) is 0.608. The van der Waals surface area contributed by atoms with Crippen molar-refractivity contribution < 1.29 is 4.74 Å². The Morgan fingerprint density at radius 3 is 2.78 bits per heavy atom. The maximum Gasteiger partial charge on any atom is 0.0888 e. The Kier molecular flexibility index (Phi) is 3.88. The van der Waals surface area contributed by atoms with E-state index in [4.69, 9.17) is 10.5 Å². The zero-order chi connectivity index (χ0) is 7.28. The number of nitrogens with one attached hydrogen (secondary N) is 1. The van der Waals surface area contributed by atoms with E-state index < -0.39 is 0 Å². The molecule has 3 nitrogen and oxygen atoms in total. The summed E-state index contributed by atoms with van der Waals surface area (Å²) in [5.41, 5.74) is 5.26. The Hall–Kier alpha value is -0.700. The molecule has 9 heavy (non-hydrogen) atoms. The van der Waals surface area contributed by atoms with Crippen LogP contribution in [0.4, 0.5) is 0 Å². The van der Waals surface area contributed by atoms with Crippen molar-refractivity contribution in [3.63, 3.8) is 0 Å². The van der Waals surface area contributed by atoms with Gasteiger partial charge in [0, 0.05) is 13.2 Å². The monoisotopic (exact) mass is 130 g/mol. The summed E-state index contributed by atoms with van der Waals surface area (Å²) in [5, 5.41) is 2.90. The Balaban J connectivity index is 3.26. The van der Waals surface area contributed by atoms with Gasteiger partial charge in [-0.05, 0) is 6.92 Å². The minimum absolute atomic E-state index is 0.243. The maximum absolute atomic E-state index is 5.26. The van der Waals surface area contributed by atoms with Crippen molar-refractivity contribution in [2.45, 2.75) is 13.0 Å². The van der Waals surface area contributed by atoms with Crippen LogP contribution in [0, 0.1) is 0 Å². The molecule has 0 saturated carbocycles. The van der Waals surface area contributed by atoms with E-state index in [1.165, 1.54) is 0 Å². The molecule has 0 fully saturated rings. The van der Waals surface area contributed by atoms with Crippen LogP contribution in [-0.2, 0) is 4.74 Å². The molecule has 0 aromatic carbocycles. The van der Waals surface area contributed by atoms with Gasteiger partial charge >= 0.3 is 0 Å². The molecule has 0 aromatic rings. The zero-order valence-electron chi connectivity index (χ0n) is 5.98. The van der Waals surface area contributed by atoms with Crippen molar-refractivity contribution in [2.75, 3.05) is 13.7 Å². The van der Waals surface area contributed by atoms with Crippen molar-refractivity contribution in [1.29, 1.82) is 0 Å². The lowest BCUT2D eigenvalue weighted by atomic mass is 10.4. The van der Waals surface area contributed by atoms with Crippen molar-refractivity contribution >= 4 is 0 Å². The van der Waals surface area contributed by atoms with Gasteiger partial charge in [0.25, 0.3) is 0 Å². The second-order valence-corrected chi connectivity index (χ2v) is 2.03. The van der Waals surface area contributed by atoms with E-state index in [0.717, 1.165) is 0 Å². The van der Waals surface area contributed by atoms with Gasteiger partial charge in [0.2, 0.25) is 0 Å². The highest BCUT2D eigenvalue weighted by Gasteiger charge is 1.96. The number of hydrogen-bond donors (Lipinski definition) is 2. The summed E-state index contributed by atoms with van der Waals surface area (Å²) in [5.74, 6) is 0.486. The molecule has 0 aliphatic heterocycles. The first-order valence-electron chi connectivity index (χ1n) is 2.86. The molecule has 0 amide bonds. The van der Waals surface area contributed by atoms with Gasteiger partial charge in [0.1, 0.15) is 0 Å². The average Bonchev–Trinajstić information content (AvgIpc) is 1.63. The van der Waals surface area contributed by atoms with E-state index in [1.807, 2.05) is 6.92 Å². The Morgan fingerprint density at radius 2 is 2.44 bits per heavy atom. The molecular weight excluding hydrogens is 116 g/mol. The highest BCUT2D eigenvalue weighted by atomic mass is 16.5. The molecule has 3 N–H and O–H groups in total. The van der Waals surface area contributed by atoms with Gasteiger partial charge in [0.05, 0.1) is 12.4 Å². The van der Waals surface area contributed by atoms with Crippen LogP contribution < -0.4 is 11.1 Å². The number of ether oxygens (including phenoxy) is 1. The molecule has 0 spiro atoms. The largest absolute Gasteiger partial charge is 0.386 e. The fourth-order valence-corrected chi connectivity index (χ4v) is 0.608. The molecule has 3 heteroatoms. The minimum atomic E-state index is 0.243. The lowest BCUT2D eigenvalue weighted by Gasteiger charge is -2.12. The van der Waals surface area contributed by atoms with Crippen LogP contribution in [0.1, 0.15) is 6.92 Å². The molecule has 1 unspecified atom stereocenters. The van der Waals surface area contributed by atoms with Crippen LogP contribution in [0.5, 0.6) is 0 Å². The van der Waals surface area contributed by atoms with Gasteiger partial charge in [0.15, 0.2) is 0 Å². The highest BCUT2D eigenvalue weighted by Crippen LogP contribution is 1.82. The van der Waals surface area contributed by atoms with Crippen molar-refractivity contribution in [2.24, 2.45) is 5.73 Å². The molecule has 0 rings (SSSR count). The van der Waals surface area contributed by atoms with Gasteiger partial charge in [-0.2, -0.15) is 0 Å². The van der Waals surface area contributed by atoms with Crippen LogP contribution >= 0.6 is 0 Å². The number of hydrogen-bond acceptors (Lipinski definition) is 3. The summed E-state index contributed by atoms with van der Waals surface area (Å²) < 4.78 is 4.85. The first kappa shape index (κ1) is 8.30. The molecule has 0 heterocycles. The van der Waals surface area contributed by atoms with Crippen LogP contribution in [0.15, 0.2) is 12.4 Å². The first-order chi connectivity index (χ1) is 4.16. The Labute approximate surface area is 55.9 Å². The highest BCUT2D eigenvalue weighted by molar-refractivity contribution is 4.84. The second-order valence-electron chi connectivity index (χ2n) is 2.03. The Bertz CT molecular complexity index is 93.1. The molecule has 0 bridgehead atoms. The molecule has 54 valence electrons. The van der Waals surface area contributed by atoms with E-state index in [9.17, 15) is 0 Å². The molecule has 0 aromatic heterocycles. The standard InChI is InChI=1S/C6H14N2O/c1-5(4-9-3)8-6(2)7/h5,8H,2,4,7H2,1,3H3. The van der Waals surface area contributed by atoms with Crippen LogP contribution in [0.3, 0.4) is 0 Å². The summed E-state index contributed by atoms with van der Waals surface area (Å²) in [7, 11) is 1.65. The summed E-state index contributed by atoms with van der Waals surface area (Å²) in [6, 6.07) is 0.243. The third-order valence-electron chi connectivity index (χ3n) is 0.848. The quantitative estimate of drug-likeness (QED) is 0.565. The average molecular weight is 130 g/mol. The van der Waals surface area contributed by atoms with Gasteiger partial charge in [-0.1, -0.05) is 6.58 Å². The molecule has 1 atom stereocenters. The summed E-state index contributed by atoms with van der Waals surface area (Å²) in [6.45, 7) is 6.11. The number of nitrogens with two attached hydrogens (primary N) is 1. The maximum atomic E-state index is 5.26. The summed E-state index contributed by atoms with van der Waals surface area (Å²) >= 11 is 0. The predicted octanol–water partition coefficient (Wildman–Crippen LogP) is 0.0408. The fraction of sp³-hybridized carbons (Fsp3) is 0.667. The van der Waals surface area contributed by atoms with Gasteiger partial charge in [-0.25, -0.2) is 0 Å². The van der Waals surface area contributed by atoms with Crippen LogP contribution in [0.25, 0.3) is 0 Å². The molecule has 0 aliphatic carbocycles. The lowest BCUT2D eigenvalue weighted by molar-refractivity contribution is 0.176. The second kappa shape index (κ2) is 4.21. The summed E-state index contributed by atoms with van der Waals surface area (Å²) in [6.07, 6.45) is 0. The summed E-state index contributed by atoms with van der Waals surface area (Å²) in [4.78, 5) is 0. The minimum Gasteiger partial charge on any atom is -0.386 e. The van der Waals surface area contributed by atoms with Crippen LogP contribution in [-0.4, -0.2) is 19.8 Å². The molecule has 0 saturated heterocycles. The third-order valence-corrected chi connectivity index (χ3v) is 0.848.